The smallest absolute Gasteiger partial charge is 0.177 e. The second kappa shape index (κ2) is 4.38. The Morgan fingerprint density at radius 2 is 2.33 bits per heavy atom. The molecule has 0 radical (unpaired) electrons. The van der Waals surface area contributed by atoms with Crippen molar-refractivity contribution in [3.05, 3.63) is 35.7 Å². The number of fused-ring (bicyclic) bond motifs is 1. The molecule has 0 spiro atoms. The summed E-state index contributed by atoms with van der Waals surface area (Å²) in [4.78, 5) is 1.39. The van der Waals surface area contributed by atoms with E-state index in [-0.39, 0.29) is 5.92 Å². The maximum atomic E-state index is 10.3. The minimum absolute atomic E-state index is 0.0231. The molecule has 0 saturated carbocycles. The summed E-state index contributed by atoms with van der Waals surface area (Å²) < 4.78 is 5.55. The van der Waals surface area contributed by atoms with E-state index in [1.165, 1.54) is 4.80 Å². The van der Waals surface area contributed by atoms with Crippen molar-refractivity contribution in [3.8, 4) is 5.75 Å². The molecule has 0 amide bonds. The van der Waals surface area contributed by atoms with Crippen molar-refractivity contribution in [3.63, 3.8) is 0 Å². The number of hydrogen-bond acceptors (Lipinski definition) is 5. The van der Waals surface area contributed by atoms with E-state index in [0.717, 1.165) is 11.3 Å². The third-order valence-electron chi connectivity index (χ3n) is 3.14. The van der Waals surface area contributed by atoms with E-state index in [9.17, 15) is 5.11 Å². The molecule has 1 aliphatic rings. The molecule has 2 aromatic rings. The van der Waals surface area contributed by atoms with Gasteiger partial charge >= 0.3 is 0 Å². The standard InChI is InChI=1S/C12H14N4O2/c1-16-14-12(13-15-16)6-10(17)9-7-18-11-5-3-2-4-8(9)11/h2-5,9-10,17H,6-7H2,1H3. The fourth-order valence-corrected chi connectivity index (χ4v) is 2.24. The van der Waals surface area contributed by atoms with Gasteiger partial charge in [0.25, 0.3) is 0 Å². The van der Waals surface area contributed by atoms with E-state index in [4.69, 9.17) is 4.74 Å². The molecule has 0 saturated heterocycles. The van der Waals surface area contributed by atoms with Crippen LogP contribution in [0.4, 0.5) is 0 Å². The first-order valence-electron chi connectivity index (χ1n) is 5.86. The molecule has 94 valence electrons. The van der Waals surface area contributed by atoms with E-state index >= 15 is 0 Å². The number of hydrogen-bond donors (Lipinski definition) is 1. The summed E-state index contributed by atoms with van der Waals surface area (Å²) in [7, 11) is 1.71. The zero-order chi connectivity index (χ0) is 12.5. The highest BCUT2D eigenvalue weighted by Gasteiger charge is 2.30. The van der Waals surface area contributed by atoms with Gasteiger partial charge in [0.2, 0.25) is 0 Å². The number of benzene rings is 1. The third-order valence-corrected chi connectivity index (χ3v) is 3.14. The highest BCUT2D eigenvalue weighted by molar-refractivity contribution is 5.40. The molecule has 6 heteroatoms. The Morgan fingerprint density at radius 1 is 1.50 bits per heavy atom. The summed E-state index contributed by atoms with van der Waals surface area (Å²) in [6.45, 7) is 0.501. The maximum Gasteiger partial charge on any atom is 0.177 e. The van der Waals surface area contributed by atoms with Crippen molar-refractivity contribution in [1.29, 1.82) is 0 Å². The lowest BCUT2D eigenvalue weighted by Crippen LogP contribution is -2.23. The Labute approximate surface area is 104 Å². The van der Waals surface area contributed by atoms with Crippen LogP contribution in [-0.4, -0.2) is 38.0 Å². The van der Waals surface area contributed by atoms with Crippen LogP contribution in [0.5, 0.6) is 5.75 Å². The largest absolute Gasteiger partial charge is 0.493 e. The first kappa shape index (κ1) is 11.2. The SMILES string of the molecule is Cn1nnc(CC(O)C2COc3ccccc32)n1. The van der Waals surface area contributed by atoms with Gasteiger partial charge < -0.3 is 9.84 Å². The summed E-state index contributed by atoms with van der Waals surface area (Å²) in [5, 5.41) is 22.0. The molecule has 1 aliphatic heterocycles. The number of para-hydroxylation sites is 1. The molecule has 1 aromatic carbocycles. The van der Waals surface area contributed by atoms with Gasteiger partial charge in [-0.1, -0.05) is 18.2 Å². The van der Waals surface area contributed by atoms with Crippen LogP contribution in [0.3, 0.4) is 0 Å². The van der Waals surface area contributed by atoms with Crippen molar-refractivity contribution < 1.29 is 9.84 Å². The molecule has 0 fully saturated rings. The molecule has 1 aromatic heterocycles. The number of aromatic nitrogens is 4. The highest BCUT2D eigenvalue weighted by atomic mass is 16.5. The fraction of sp³-hybridized carbons (Fsp3) is 0.417. The second-order valence-electron chi connectivity index (χ2n) is 4.42. The van der Waals surface area contributed by atoms with Crippen LogP contribution in [0.1, 0.15) is 17.3 Å². The summed E-state index contributed by atoms with van der Waals surface area (Å²) >= 11 is 0. The number of aryl methyl sites for hydroxylation is 1. The number of rotatable bonds is 3. The van der Waals surface area contributed by atoms with Gasteiger partial charge in [0.05, 0.1) is 19.8 Å². The van der Waals surface area contributed by atoms with Gasteiger partial charge in [0.1, 0.15) is 5.75 Å². The van der Waals surface area contributed by atoms with Crippen LogP contribution in [0.25, 0.3) is 0 Å². The molecule has 1 N–H and O–H groups in total. The monoisotopic (exact) mass is 246 g/mol. The molecule has 6 nitrogen and oxygen atoms in total. The van der Waals surface area contributed by atoms with Gasteiger partial charge in [-0.25, -0.2) is 0 Å². The Bertz CT molecular complexity index is 555. The minimum Gasteiger partial charge on any atom is -0.493 e. The molecular weight excluding hydrogens is 232 g/mol. The number of aliphatic hydroxyl groups is 1. The lowest BCUT2D eigenvalue weighted by atomic mass is 9.93. The number of aliphatic hydroxyl groups excluding tert-OH is 1. The minimum atomic E-state index is -0.558. The zero-order valence-corrected chi connectivity index (χ0v) is 10.0. The third kappa shape index (κ3) is 1.95. The molecule has 2 unspecified atom stereocenters. The zero-order valence-electron chi connectivity index (χ0n) is 10.0. The van der Waals surface area contributed by atoms with Crippen LogP contribution in [0, 0.1) is 0 Å². The Kier molecular flexibility index (Phi) is 2.71. The Balaban J connectivity index is 1.76. The average molecular weight is 246 g/mol. The van der Waals surface area contributed by atoms with Gasteiger partial charge in [-0.2, -0.15) is 4.80 Å². The van der Waals surface area contributed by atoms with Crippen molar-refractivity contribution in [2.75, 3.05) is 6.61 Å². The molecular formula is C12H14N4O2. The topological polar surface area (TPSA) is 73.1 Å². The second-order valence-corrected chi connectivity index (χ2v) is 4.42. The van der Waals surface area contributed by atoms with Crippen molar-refractivity contribution in [1.82, 2.24) is 20.2 Å². The normalized spacial score (nSPS) is 19.3. The van der Waals surface area contributed by atoms with Crippen LogP contribution in [-0.2, 0) is 13.5 Å². The summed E-state index contributed by atoms with van der Waals surface area (Å²) in [6.07, 6.45) is -0.172. The molecule has 2 heterocycles. The van der Waals surface area contributed by atoms with Crippen LogP contribution < -0.4 is 4.74 Å². The summed E-state index contributed by atoms with van der Waals surface area (Å²) in [5.41, 5.74) is 1.05. The number of ether oxygens (including phenoxy) is 1. The van der Waals surface area contributed by atoms with Crippen molar-refractivity contribution in [2.45, 2.75) is 18.4 Å². The van der Waals surface area contributed by atoms with Gasteiger partial charge in [-0.15, -0.1) is 10.2 Å². The van der Waals surface area contributed by atoms with E-state index < -0.39 is 6.10 Å². The molecule has 2 atom stereocenters. The quantitative estimate of drug-likeness (QED) is 0.842. The Morgan fingerprint density at radius 3 is 3.11 bits per heavy atom. The van der Waals surface area contributed by atoms with E-state index in [2.05, 4.69) is 15.4 Å². The first-order chi connectivity index (χ1) is 8.74. The van der Waals surface area contributed by atoms with Gasteiger partial charge in [0.15, 0.2) is 5.82 Å². The lowest BCUT2D eigenvalue weighted by Gasteiger charge is -2.15. The predicted octanol–water partition coefficient (Wildman–Crippen LogP) is 0.290. The van der Waals surface area contributed by atoms with Gasteiger partial charge in [-0.05, 0) is 11.3 Å². The van der Waals surface area contributed by atoms with E-state index in [1.54, 1.807) is 7.05 Å². The fourth-order valence-electron chi connectivity index (χ4n) is 2.24. The van der Waals surface area contributed by atoms with E-state index in [1.807, 2.05) is 24.3 Å². The van der Waals surface area contributed by atoms with Crippen LogP contribution in [0.15, 0.2) is 24.3 Å². The van der Waals surface area contributed by atoms with E-state index in [0.29, 0.717) is 18.9 Å². The molecule has 0 aliphatic carbocycles. The maximum absolute atomic E-state index is 10.3. The molecule has 0 bridgehead atoms. The Hall–Kier alpha value is -1.95. The average Bonchev–Trinajstić information content (AvgIpc) is 2.95. The van der Waals surface area contributed by atoms with Gasteiger partial charge in [0, 0.05) is 17.9 Å². The molecule has 18 heavy (non-hydrogen) atoms. The predicted molar refractivity (Wildman–Crippen MR) is 63.2 cm³/mol. The number of tetrazole rings is 1. The first-order valence-corrected chi connectivity index (χ1v) is 5.86. The summed E-state index contributed by atoms with van der Waals surface area (Å²) in [6, 6.07) is 7.79. The van der Waals surface area contributed by atoms with Crippen molar-refractivity contribution >= 4 is 0 Å². The summed E-state index contributed by atoms with van der Waals surface area (Å²) in [5.74, 6) is 1.38. The van der Waals surface area contributed by atoms with Gasteiger partial charge in [-0.3, -0.25) is 0 Å². The lowest BCUT2D eigenvalue weighted by molar-refractivity contribution is 0.127. The van der Waals surface area contributed by atoms with Crippen LogP contribution in [0.2, 0.25) is 0 Å². The number of nitrogens with zero attached hydrogens (tertiary/aromatic N) is 4. The highest BCUT2D eigenvalue weighted by Crippen LogP contribution is 2.36. The van der Waals surface area contributed by atoms with Crippen molar-refractivity contribution in [2.24, 2.45) is 7.05 Å². The molecule has 3 rings (SSSR count). The van der Waals surface area contributed by atoms with Crippen LogP contribution >= 0.6 is 0 Å².